The molecule has 3 aromatic carbocycles. The van der Waals surface area contributed by atoms with Crippen LogP contribution in [0.25, 0.3) is 11.5 Å². The van der Waals surface area contributed by atoms with Crippen LogP contribution in [0.2, 0.25) is 0 Å². The number of amides is 1. The number of ether oxygens (including phenoxy) is 2. The minimum Gasteiger partial charge on any atom is -0.497 e. The van der Waals surface area contributed by atoms with Crippen molar-refractivity contribution in [3.05, 3.63) is 83.5 Å². The van der Waals surface area contributed by atoms with Gasteiger partial charge in [0.25, 0.3) is 5.89 Å². The molecule has 0 radical (unpaired) electrons. The lowest BCUT2D eigenvalue weighted by Crippen LogP contribution is -2.15. The Morgan fingerprint density at radius 3 is 2.55 bits per heavy atom. The van der Waals surface area contributed by atoms with E-state index in [1.54, 1.807) is 56.7 Å². The van der Waals surface area contributed by atoms with Crippen LogP contribution in [0.1, 0.15) is 23.4 Å². The number of rotatable bonds is 11. The largest absolute Gasteiger partial charge is 0.497 e. The van der Waals surface area contributed by atoms with Gasteiger partial charge in [-0.2, -0.15) is 8.78 Å². The monoisotopic (exact) mass is 544 g/mol. The summed E-state index contributed by atoms with van der Waals surface area (Å²) in [4.78, 5) is 13.1. The number of hydrogen-bond acceptors (Lipinski definition) is 8. The van der Waals surface area contributed by atoms with Crippen molar-refractivity contribution in [1.82, 2.24) is 14.9 Å². The van der Waals surface area contributed by atoms with Gasteiger partial charge in [-0.1, -0.05) is 24.3 Å². The van der Waals surface area contributed by atoms with Gasteiger partial charge in [0.15, 0.2) is 0 Å². The average Bonchev–Trinajstić information content (AvgIpc) is 3.41. The van der Waals surface area contributed by atoms with E-state index in [-0.39, 0.29) is 17.9 Å². The van der Waals surface area contributed by atoms with Crippen LogP contribution in [0, 0.1) is 5.82 Å². The highest BCUT2D eigenvalue weighted by molar-refractivity contribution is 7.97. The van der Waals surface area contributed by atoms with Gasteiger partial charge < -0.3 is 19.2 Å². The van der Waals surface area contributed by atoms with E-state index in [4.69, 9.17) is 13.9 Å². The maximum atomic E-state index is 13.9. The van der Waals surface area contributed by atoms with Crippen LogP contribution in [0.5, 0.6) is 11.5 Å². The summed E-state index contributed by atoms with van der Waals surface area (Å²) < 4.78 is 59.0. The lowest BCUT2D eigenvalue weighted by atomic mass is 10.1. The third-order valence-electron chi connectivity index (χ3n) is 5.37. The molecule has 198 valence electrons. The van der Waals surface area contributed by atoms with E-state index in [0.717, 1.165) is 5.56 Å². The summed E-state index contributed by atoms with van der Waals surface area (Å²) in [5, 5.41) is 9.86. The minimum atomic E-state index is -2.91. The predicted molar refractivity (Wildman–Crippen MR) is 136 cm³/mol. The van der Waals surface area contributed by atoms with Crippen LogP contribution in [-0.2, 0) is 17.8 Å². The number of alkyl halides is 2. The summed E-state index contributed by atoms with van der Waals surface area (Å²) in [6, 6.07) is 16.2. The molecule has 1 heterocycles. The zero-order valence-electron chi connectivity index (χ0n) is 20.3. The van der Waals surface area contributed by atoms with E-state index in [2.05, 4.69) is 20.2 Å². The number of nitrogens with one attached hydrogen (secondary N) is 2. The standard InChI is InChI=1S/C26H23F3N4O4S/c1-35-18-9-7-16(21(13-18)36-2)14-30-38-22-12-17(31-23(34)11-15-5-3-4-6-20(15)27)8-10-19(22)25-32-33-26(37-25)24(28)29/h3-10,12-13,24,30H,11,14H2,1-2H3,(H,31,34). The van der Waals surface area contributed by atoms with Gasteiger partial charge in [-0.15, -0.1) is 10.2 Å². The molecule has 1 aromatic heterocycles. The Hall–Kier alpha value is -4.03. The number of benzene rings is 3. The first-order valence-electron chi connectivity index (χ1n) is 11.3. The molecule has 4 aromatic rings. The van der Waals surface area contributed by atoms with Gasteiger partial charge in [-0.05, 0) is 47.8 Å². The molecule has 8 nitrogen and oxygen atoms in total. The quantitative estimate of drug-likeness (QED) is 0.228. The zero-order chi connectivity index (χ0) is 27.1. The Morgan fingerprint density at radius 1 is 1.03 bits per heavy atom. The van der Waals surface area contributed by atoms with E-state index >= 15 is 0 Å². The maximum absolute atomic E-state index is 13.9. The number of hydrogen-bond donors (Lipinski definition) is 2. The number of anilines is 1. The van der Waals surface area contributed by atoms with Gasteiger partial charge in [0.05, 0.1) is 26.2 Å². The highest BCUT2D eigenvalue weighted by Crippen LogP contribution is 2.34. The SMILES string of the molecule is COc1ccc(CNSc2cc(NC(=O)Cc3ccccc3F)ccc2-c2nnc(C(F)F)o2)c(OC)c1. The number of carbonyl (C=O) groups excluding carboxylic acids is 1. The predicted octanol–water partition coefficient (Wildman–Crippen LogP) is 5.81. The van der Waals surface area contributed by atoms with E-state index in [1.165, 1.54) is 24.1 Å². The summed E-state index contributed by atoms with van der Waals surface area (Å²) in [5.41, 5.74) is 1.90. The van der Waals surface area contributed by atoms with E-state index in [9.17, 15) is 18.0 Å². The van der Waals surface area contributed by atoms with Crippen molar-refractivity contribution in [2.45, 2.75) is 24.3 Å². The van der Waals surface area contributed by atoms with E-state index in [1.807, 2.05) is 6.07 Å². The molecule has 0 atom stereocenters. The molecule has 2 N–H and O–H groups in total. The molecule has 0 bridgehead atoms. The maximum Gasteiger partial charge on any atom is 0.314 e. The smallest absolute Gasteiger partial charge is 0.314 e. The molecule has 0 spiro atoms. The Bertz CT molecular complexity index is 1420. The molecular formula is C26H23F3N4O4S. The van der Waals surface area contributed by atoms with Gasteiger partial charge in [0.1, 0.15) is 17.3 Å². The van der Waals surface area contributed by atoms with Crippen LogP contribution in [0.3, 0.4) is 0 Å². The number of nitrogens with zero attached hydrogens (tertiary/aromatic N) is 2. The van der Waals surface area contributed by atoms with Gasteiger partial charge in [-0.3, -0.25) is 9.52 Å². The molecule has 0 aliphatic carbocycles. The van der Waals surface area contributed by atoms with Crippen LogP contribution >= 0.6 is 11.9 Å². The van der Waals surface area contributed by atoms with E-state index < -0.39 is 24.0 Å². The fraction of sp³-hybridized carbons (Fsp3) is 0.192. The minimum absolute atomic E-state index is 0.101. The Labute approximate surface area is 220 Å². The highest BCUT2D eigenvalue weighted by Gasteiger charge is 2.20. The second-order valence-electron chi connectivity index (χ2n) is 7.87. The fourth-order valence-corrected chi connectivity index (χ4v) is 4.34. The van der Waals surface area contributed by atoms with Crippen molar-refractivity contribution in [2.75, 3.05) is 19.5 Å². The van der Waals surface area contributed by atoms with E-state index in [0.29, 0.717) is 34.2 Å². The first-order valence-corrected chi connectivity index (χ1v) is 12.1. The van der Waals surface area contributed by atoms with Crippen molar-refractivity contribution in [3.8, 4) is 23.0 Å². The third kappa shape index (κ3) is 6.64. The molecule has 38 heavy (non-hydrogen) atoms. The Kier molecular flexibility index (Phi) is 8.87. The molecule has 0 aliphatic heterocycles. The van der Waals surface area contributed by atoms with Crippen molar-refractivity contribution < 1.29 is 31.9 Å². The average molecular weight is 545 g/mol. The van der Waals surface area contributed by atoms with Crippen molar-refractivity contribution in [3.63, 3.8) is 0 Å². The number of aromatic nitrogens is 2. The second-order valence-corrected chi connectivity index (χ2v) is 8.81. The number of halogens is 3. The zero-order valence-corrected chi connectivity index (χ0v) is 21.2. The molecule has 12 heteroatoms. The van der Waals surface area contributed by atoms with Gasteiger partial charge in [0, 0.05) is 28.8 Å². The highest BCUT2D eigenvalue weighted by atomic mass is 32.2. The van der Waals surface area contributed by atoms with Crippen LogP contribution in [0.15, 0.2) is 70.0 Å². The number of carbonyl (C=O) groups is 1. The lowest BCUT2D eigenvalue weighted by Gasteiger charge is -2.13. The Balaban J connectivity index is 1.54. The van der Waals surface area contributed by atoms with Gasteiger partial charge in [-0.25, -0.2) is 4.39 Å². The van der Waals surface area contributed by atoms with Crippen molar-refractivity contribution in [2.24, 2.45) is 0 Å². The molecule has 0 saturated carbocycles. The molecular weight excluding hydrogens is 521 g/mol. The first-order chi connectivity index (χ1) is 18.4. The second kappa shape index (κ2) is 12.5. The van der Waals surface area contributed by atoms with Crippen LogP contribution < -0.4 is 19.5 Å². The molecule has 0 saturated heterocycles. The summed E-state index contributed by atoms with van der Waals surface area (Å²) in [5.74, 6) is -0.535. The summed E-state index contributed by atoms with van der Waals surface area (Å²) >= 11 is 1.17. The third-order valence-corrected chi connectivity index (χ3v) is 6.22. The molecule has 0 unspecified atom stereocenters. The molecule has 0 fully saturated rings. The van der Waals surface area contributed by atoms with Crippen molar-refractivity contribution in [1.29, 1.82) is 0 Å². The summed E-state index contributed by atoms with van der Waals surface area (Å²) in [6.07, 6.45) is -3.07. The Morgan fingerprint density at radius 2 is 1.84 bits per heavy atom. The number of methoxy groups -OCH3 is 2. The first kappa shape index (κ1) is 27.0. The summed E-state index contributed by atoms with van der Waals surface area (Å²) in [7, 11) is 3.11. The molecule has 4 rings (SSSR count). The topological polar surface area (TPSA) is 98.5 Å². The fourth-order valence-electron chi connectivity index (χ4n) is 3.50. The lowest BCUT2D eigenvalue weighted by molar-refractivity contribution is -0.115. The van der Waals surface area contributed by atoms with Crippen LogP contribution in [-0.4, -0.2) is 30.3 Å². The van der Waals surface area contributed by atoms with Crippen molar-refractivity contribution >= 4 is 23.5 Å². The van der Waals surface area contributed by atoms with Crippen LogP contribution in [0.4, 0.5) is 18.9 Å². The summed E-state index contributed by atoms with van der Waals surface area (Å²) in [6.45, 7) is 0.368. The van der Waals surface area contributed by atoms with Gasteiger partial charge in [0.2, 0.25) is 11.8 Å². The molecule has 0 aliphatic rings. The normalized spacial score (nSPS) is 11.0. The van der Waals surface area contributed by atoms with Gasteiger partial charge >= 0.3 is 6.43 Å². The molecule has 1 amide bonds.